The molecule has 0 radical (unpaired) electrons. The quantitative estimate of drug-likeness (QED) is 0.826. The van der Waals surface area contributed by atoms with Crippen LogP contribution in [0.5, 0.6) is 5.75 Å². The first-order valence-corrected chi connectivity index (χ1v) is 8.44. The Morgan fingerprint density at radius 2 is 2.23 bits per heavy atom. The van der Waals surface area contributed by atoms with Gasteiger partial charge in [-0.05, 0) is 24.6 Å². The molecule has 1 aliphatic heterocycles. The first-order chi connectivity index (χ1) is 10.0. The molecular weight excluding hydrogens is 328 g/mol. The summed E-state index contributed by atoms with van der Waals surface area (Å²) in [6.45, 7) is 4.99. The molecule has 0 aromatic heterocycles. The van der Waals surface area contributed by atoms with Crippen molar-refractivity contribution in [3.8, 4) is 5.75 Å². The van der Waals surface area contributed by atoms with Crippen molar-refractivity contribution in [2.45, 2.75) is 11.8 Å². The maximum Gasteiger partial charge on any atom is 0.244 e. The van der Waals surface area contributed by atoms with Gasteiger partial charge in [-0.3, -0.25) is 0 Å². The molecule has 1 aromatic carbocycles. The van der Waals surface area contributed by atoms with Crippen molar-refractivity contribution in [3.05, 3.63) is 23.8 Å². The summed E-state index contributed by atoms with van der Waals surface area (Å²) in [4.78, 5) is 0.165. The summed E-state index contributed by atoms with van der Waals surface area (Å²) in [6.07, 6.45) is 0. The predicted octanol–water partition coefficient (Wildman–Crippen LogP) is 0.940. The Morgan fingerprint density at radius 1 is 1.45 bits per heavy atom. The van der Waals surface area contributed by atoms with Gasteiger partial charge in [0.2, 0.25) is 10.0 Å². The average Bonchev–Trinajstić information content (AvgIpc) is 2.73. The number of hydrogen-bond acceptors (Lipinski definition) is 5. The molecule has 1 aliphatic rings. The van der Waals surface area contributed by atoms with Crippen LogP contribution in [-0.4, -0.2) is 48.4 Å². The molecule has 0 spiro atoms. The molecule has 1 heterocycles. The van der Waals surface area contributed by atoms with Crippen LogP contribution < -0.4 is 14.8 Å². The normalized spacial score (nSPS) is 19.1. The number of nitrogens with one attached hydrogen (secondary N) is 2. The number of halogens is 1. The van der Waals surface area contributed by atoms with E-state index < -0.39 is 10.0 Å². The van der Waals surface area contributed by atoms with Crippen LogP contribution in [0.4, 0.5) is 0 Å². The van der Waals surface area contributed by atoms with Crippen molar-refractivity contribution in [3.63, 3.8) is 0 Å². The van der Waals surface area contributed by atoms with E-state index in [2.05, 4.69) is 10.0 Å². The molecule has 2 N–H and O–H groups in total. The molecule has 6 nitrogen and oxygen atoms in total. The highest BCUT2D eigenvalue weighted by molar-refractivity contribution is 7.89. The van der Waals surface area contributed by atoms with E-state index in [1.807, 2.05) is 6.92 Å². The van der Waals surface area contributed by atoms with E-state index >= 15 is 0 Å². The largest absolute Gasteiger partial charge is 0.495 e. The Balaban J connectivity index is 0.00000242. The van der Waals surface area contributed by atoms with Crippen LogP contribution in [-0.2, 0) is 14.8 Å². The van der Waals surface area contributed by atoms with E-state index in [4.69, 9.17) is 9.47 Å². The first kappa shape index (κ1) is 19.2. The molecule has 0 saturated carbocycles. The third-order valence-corrected chi connectivity index (χ3v) is 4.84. The van der Waals surface area contributed by atoms with Crippen LogP contribution in [0, 0.1) is 12.8 Å². The van der Waals surface area contributed by atoms with E-state index in [1.165, 1.54) is 7.11 Å². The minimum absolute atomic E-state index is 0. The second-order valence-electron chi connectivity index (χ2n) is 5.15. The van der Waals surface area contributed by atoms with Gasteiger partial charge in [0.1, 0.15) is 10.6 Å². The zero-order valence-electron chi connectivity index (χ0n) is 12.8. The van der Waals surface area contributed by atoms with E-state index in [-0.39, 0.29) is 23.2 Å². The molecule has 22 heavy (non-hydrogen) atoms. The zero-order chi connectivity index (χ0) is 15.3. The summed E-state index contributed by atoms with van der Waals surface area (Å²) < 4.78 is 38.0. The molecule has 1 atom stereocenters. The average molecular weight is 351 g/mol. The maximum absolute atomic E-state index is 12.4. The van der Waals surface area contributed by atoms with Gasteiger partial charge in [-0.1, -0.05) is 6.07 Å². The summed E-state index contributed by atoms with van der Waals surface area (Å²) in [7, 11) is -2.12. The van der Waals surface area contributed by atoms with Crippen molar-refractivity contribution in [1.82, 2.24) is 10.0 Å². The second kappa shape index (κ2) is 8.69. The SMILES string of the molecule is COc1cc(C)ccc1S(=O)(=O)NCC1CNCCOC1.Cl. The van der Waals surface area contributed by atoms with Crippen LogP contribution in [0.1, 0.15) is 5.56 Å². The first-order valence-electron chi connectivity index (χ1n) is 6.95. The van der Waals surface area contributed by atoms with Crippen LogP contribution in [0.15, 0.2) is 23.1 Å². The molecule has 2 rings (SSSR count). The van der Waals surface area contributed by atoms with Crippen LogP contribution >= 0.6 is 12.4 Å². The molecule has 0 aliphatic carbocycles. The zero-order valence-corrected chi connectivity index (χ0v) is 14.4. The van der Waals surface area contributed by atoms with Gasteiger partial charge in [0.25, 0.3) is 0 Å². The highest BCUT2D eigenvalue weighted by Crippen LogP contribution is 2.24. The van der Waals surface area contributed by atoms with Gasteiger partial charge in [-0.25, -0.2) is 13.1 Å². The lowest BCUT2D eigenvalue weighted by molar-refractivity contribution is 0.124. The highest BCUT2D eigenvalue weighted by atomic mass is 35.5. The monoisotopic (exact) mass is 350 g/mol. The Hall–Kier alpha value is -0.860. The van der Waals surface area contributed by atoms with Gasteiger partial charge in [-0.2, -0.15) is 0 Å². The molecule has 0 bridgehead atoms. The smallest absolute Gasteiger partial charge is 0.244 e. The summed E-state index contributed by atoms with van der Waals surface area (Å²) >= 11 is 0. The minimum Gasteiger partial charge on any atom is -0.495 e. The molecule has 1 unspecified atom stereocenters. The second-order valence-corrected chi connectivity index (χ2v) is 6.89. The third kappa shape index (κ3) is 5.10. The highest BCUT2D eigenvalue weighted by Gasteiger charge is 2.21. The molecule has 1 fully saturated rings. The van der Waals surface area contributed by atoms with Gasteiger partial charge in [0.05, 0.1) is 20.3 Å². The summed E-state index contributed by atoms with van der Waals surface area (Å²) in [6, 6.07) is 5.04. The minimum atomic E-state index is -3.59. The molecule has 8 heteroatoms. The number of benzene rings is 1. The van der Waals surface area contributed by atoms with Gasteiger partial charge in [-0.15, -0.1) is 12.4 Å². The predicted molar refractivity (Wildman–Crippen MR) is 87.3 cm³/mol. The lowest BCUT2D eigenvalue weighted by Gasteiger charge is -2.16. The van der Waals surface area contributed by atoms with E-state index in [0.29, 0.717) is 25.5 Å². The van der Waals surface area contributed by atoms with E-state index in [1.54, 1.807) is 18.2 Å². The van der Waals surface area contributed by atoms with Crippen molar-refractivity contribution in [2.75, 3.05) is 40.0 Å². The Labute approximate surface area is 138 Å². The number of hydrogen-bond donors (Lipinski definition) is 2. The van der Waals surface area contributed by atoms with Gasteiger partial charge in [0, 0.05) is 25.6 Å². The van der Waals surface area contributed by atoms with Gasteiger partial charge < -0.3 is 14.8 Å². The Kier molecular flexibility index (Phi) is 7.58. The molecule has 1 aromatic rings. The van der Waals surface area contributed by atoms with Crippen molar-refractivity contribution >= 4 is 22.4 Å². The van der Waals surface area contributed by atoms with Crippen molar-refractivity contribution in [1.29, 1.82) is 0 Å². The standard InChI is InChI=1S/C14H22N2O4S.ClH/c1-11-3-4-14(13(7-11)19-2)21(17,18)16-9-12-8-15-5-6-20-10-12;/h3-4,7,12,15-16H,5-6,8-10H2,1-2H3;1H. The fourth-order valence-corrected chi connectivity index (χ4v) is 3.46. The maximum atomic E-state index is 12.4. The lowest BCUT2D eigenvalue weighted by Crippen LogP contribution is -2.35. The fraction of sp³-hybridized carbons (Fsp3) is 0.571. The van der Waals surface area contributed by atoms with Crippen LogP contribution in [0.25, 0.3) is 0 Å². The number of ether oxygens (including phenoxy) is 2. The van der Waals surface area contributed by atoms with Crippen molar-refractivity contribution < 1.29 is 17.9 Å². The van der Waals surface area contributed by atoms with Crippen molar-refractivity contribution in [2.24, 2.45) is 5.92 Å². The van der Waals surface area contributed by atoms with Crippen LogP contribution in [0.3, 0.4) is 0 Å². The fourth-order valence-electron chi connectivity index (χ4n) is 2.19. The Bertz CT molecular complexity index is 572. The molecule has 126 valence electrons. The third-order valence-electron chi connectivity index (χ3n) is 3.38. The number of sulfonamides is 1. The molecule has 0 amide bonds. The van der Waals surface area contributed by atoms with E-state index in [0.717, 1.165) is 18.7 Å². The summed E-state index contributed by atoms with van der Waals surface area (Å²) in [5.74, 6) is 0.483. The molecular formula is C14H23ClN2O4S. The summed E-state index contributed by atoms with van der Waals surface area (Å²) in [5, 5.41) is 3.22. The van der Waals surface area contributed by atoms with Crippen LogP contribution in [0.2, 0.25) is 0 Å². The topological polar surface area (TPSA) is 76.7 Å². The summed E-state index contributed by atoms with van der Waals surface area (Å²) in [5.41, 5.74) is 0.951. The lowest BCUT2D eigenvalue weighted by atomic mass is 10.2. The Morgan fingerprint density at radius 3 is 2.95 bits per heavy atom. The number of rotatable bonds is 5. The number of methoxy groups -OCH3 is 1. The van der Waals surface area contributed by atoms with Gasteiger partial charge >= 0.3 is 0 Å². The van der Waals surface area contributed by atoms with E-state index in [9.17, 15) is 8.42 Å². The van der Waals surface area contributed by atoms with Gasteiger partial charge in [0.15, 0.2) is 0 Å². The number of aryl methyl sites for hydroxylation is 1. The molecule has 1 saturated heterocycles.